The predicted octanol–water partition coefficient (Wildman–Crippen LogP) is 3.91. The number of amides is 1. The van der Waals surface area contributed by atoms with E-state index in [4.69, 9.17) is 17.3 Å². The lowest BCUT2D eigenvalue weighted by molar-refractivity contribution is -0.138. The zero-order chi connectivity index (χ0) is 24.4. The van der Waals surface area contributed by atoms with Crippen LogP contribution in [0, 0.1) is 18.6 Å². The number of benzene rings is 1. The summed E-state index contributed by atoms with van der Waals surface area (Å²) in [7, 11) is 0. The van der Waals surface area contributed by atoms with Crippen LogP contribution in [0.15, 0.2) is 28.5 Å². The van der Waals surface area contributed by atoms with Crippen molar-refractivity contribution in [3.05, 3.63) is 50.6 Å². The number of rotatable bonds is 7. The Morgan fingerprint density at radius 1 is 1.15 bits per heavy atom. The minimum Gasteiger partial charge on any atom is -0.480 e. The molecule has 2 aromatic rings. The molecule has 2 aliphatic rings. The second kappa shape index (κ2) is 10.6. The van der Waals surface area contributed by atoms with Crippen LogP contribution in [-0.4, -0.2) is 81.8 Å². The topological polar surface area (TPSA) is 64.1 Å². The van der Waals surface area contributed by atoms with E-state index in [-0.39, 0.29) is 12.5 Å². The third-order valence-corrected chi connectivity index (χ3v) is 8.32. The summed E-state index contributed by atoms with van der Waals surface area (Å²) in [5.41, 5.74) is 2.27. The van der Waals surface area contributed by atoms with Gasteiger partial charge in [-0.25, -0.2) is 8.78 Å². The van der Waals surface area contributed by atoms with Crippen LogP contribution in [0.1, 0.15) is 10.4 Å². The first kappa shape index (κ1) is 24.9. The molecule has 0 radical (unpaired) electrons. The van der Waals surface area contributed by atoms with Crippen molar-refractivity contribution >= 4 is 57.6 Å². The first-order valence-electron chi connectivity index (χ1n) is 10.7. The van der Waals surface area contributed by atoms with E-state index in [0.29, 0.717) is 41.0 Å². The third-order valence-electron chi connectivity index (χ3n) is 5.91. The third kappa shape index (κ3) is 5.55. The molecule has 4 rings (SSSR count). The Bertz CT molecular complexity index is 1160. The minimum atomic E-state index is -0.895. The fourth-order valence-electron chi connectivity index (χ4n) is 3.94. The van der Waals surface area contributed by atoms with Crippen LogP contribution in [0.3, 0.4) is 0 Å². The second-order valence-electron chi connectivity index (χ2n) is 8.11. The van der Waals surface area contributed by atoms with Crippen LogP contribution < -0.4 is 0 Å². The average Bonchev–Trinajstić information content (AvgIpc) is 3.28. The maximum Gasteiger partial charge on any atom is 0.317 e. The van der Waals surface area contributed by atoms with Crippen molar-refractivity contribution in [2.24, 2.45) is 0 Å². The number of carboxylic acids is 1. The Morgan fingerprint density at radius 3 is 2.53 bits per heavy atom. The Kier molecular flexibility index (Phi) is 7.78. The van der Waals surface area contributed by atoms with Crippen molar-refractivity contribution in [1.29, 1.82) is 0 Å². The van der Waals surface area contributed by atoms with Gasteiger partial charge >= 0.3 is 5.97 Å². The van der Waals surface area contributed by atoms with Crippen LogP contribution in [0.4, 0.5) is 8.78 Å². The molecule has 180 valence electrons. The maximum atomic E-state index is 13.7. The van der Waals surface area contributed by atoms with Gasteiger partial charge in [-0.05, 0) is 47.2 Å². The van der Waals surface area contributed by atoms with E-state index in [1.54, 1.807) is 4.90 Å². The molecule has 6 nitrogen and oxygen atoms in total. The number of piperazine rings is 1. The fraction of sp³-hybridized carbons (Fsp3) is 0.348. The number of carbonyl (C=O) groups is 2. The minimum absolute atomic E-state index is 0.0489. The Morgan fingerprint density at radius 2 is 1.85 bits per heavy atom. The van der Waals surface area contributed by atoms with E-state index in [9.17, 15) is 18.4 Å². The van der Waals surface area contributed by atoms with E-state index < -0.39 is 17.6 Å². The molecular weight excluding hydrogens is 500 g/mol. The molecule has 1 aromatic carbocycles. The second-order valence-corrected chi connectivity index (χ2v) is 10.7. The highest BCUT2D eigenvalue weighted by molar-refractivity contribution is 8.26. The number of aliphatic carboxylic acids is 1. The van der Waals surface area contributed by atoms with Gasteiger partial charge in [0.05, 0.1) is 11.4 Å². The molecule has 1 amide bonds. The van der Waals surface area contributed by atoms with Crippen LogP contribution in [0.5, 0.6) is 0 Å². The van der Waals surface area contributed by atoms with E-state index in [1.807, 2.05) is 23.3 Å². The number of hydrogen-bond acceptors (Lipinski definition) is 7. The van der Waals surface area contributed by atoms with Crippen molar-refractivity contribution in [3.63, 3.8) is 0 Å². The monoisotopic (exact) mass is 523 g/mol. The number of thioether (sulfide) groups is 1. The van der Waals surface area contributed by atoms with Crippen molar-refractivity contribution in [3.8, 4) is 11.1 Å². The summed E-state index contributed by atoms with van der Waals surface area (Å²) in [5.74, 6) is -2.74. The molecule has 0 unspecified atom stereocenters. The van der Waals surface area contributed by atoms with Gasteiger partial charge in [-0.15, -0.1) is 11.3 Å². The Labute approximate surface area is 209 Å². The first-order chi connectivity index (χ1) is 16.2. The van der Waals surface area contributed by atoms with Gasteiger partial charge in [0, 0.05) is 44.1 Å². The normalized spacial score (nSPS) is 18.9. The SMILES string of the molecule is Cc1c(-c2ccc(F)c(F)c2)csc1/C=C1\SC(=S)N(CCN2CCN(CC(=O)O)CC2)C1=O. The molecule has 3 heterocycles. The van der Waals surface area contributed by atoms with Crippen LogP contribution >= 0.6 is 35.3 Å². The smallest absolute Gasteiger partial charge is 0.317 e. The Balaban J connectivity index is 1.39. The Hall–Kier alpha value is -2.18. The van der Waals surface area contributed by atoms with Crippen molar-refractivity contribution in [1.82, 2.24) is 14.7 Å². The highest BCUT2D eigenvalue weighted by Gasteiger charge is 2.32. The van der Waals surface area contributed by atoms with Gasteiger partial charge in [0.15, 0.2) is 11.6 Å². The number of carboxylic acid groups (broad SMARTS) is 1. The van der Waals surface area contributed by atoms with Gasteiger partial charge in [-0.1, -0.05) is 30.0 Å². The van der Waals surface area contributed by atoms with Crippen molar-refractivity contribution in [2.75, 3.05) is 45.8 Å². The van der Waals surface area contributed by atoms with Gasteiger partial charge in [-0.2, -0.15) is 0 Å². The molecule has 2 saturated heterocycles. The maximum absolute atomic E-state index is 13.7. The van der Waals surface area contributed by atoms with Gasteiger partial charge in [-0.3, -0.25) is 24.3 Å². The summed E-state index contributed by atoms with van der Waals surface area (Å²) < 4.78 is 27.5. The first-order valence-corrected chi connectivity index (χ1v) is 12.8. The van der Waals surface area contributed by atoms with Gasteiger partial charge in [0.25, 0.3) is 5.91 Å². The van der Waals surface area contributed by atoms with Crippen molar-refractivity contribution < 1.29 is 23.5 Å². The zero-order valence-electron chi connectivity index (χ0n) is 18.4. The summed E-state index contributed by atoms with van der Waals surface area (Å²) in [6, 6.07) is 3.83. The van der Waals surface area contributed by atoms with E-state index >= 15 is 0 Å². The summed E-state index contributed by atoms with van der Waals surface area (Å²) in [4.78, 5) is 31.0. The molecular formula is C23H23F2N3O3S3. The zero-order valence-corrected chi connectivity index (χ0v) is 20.9. The number of hydrogen-bond donors (Lipinski definition) is 1. The largest absolute Gasteiger partial charge is 0.480 e. The van der Waals surface area contributed by atoms with E-state index in [0.717, 1.165) is 35.2 Å². The van der Waals surface area contributed by atoms with E-state index in [2.05, 4.69) is 4.90 Å². The van der Waals surface area contributed by atoms with Crippen LogP contribution in [0.2, 0.25) is 0 Å². The average molecular weight is 524 g/mol. The molecule has 11 heteroatoms. The highest BCUT2D eigenvalue weighted by Crippen LogP contribution is 2.37. The lowest BCUT2D eigenvalue weighted by atomic mass is 10.0. The molecule has 0 bridgehead atoms. The molecule has 0 saturated carbocycles. The fourth-order valence-corrected chi connectivity index (χ4v) is 6.33. The summed E-state index contributed by atoms with van der Waals surface area (Å²) in [5, 5.41) is 10.8. The number of thiophene rings is 1. The molecule has 2 fully saturated rings. The number of carbonyl (C=O) groups excluding carboxylic acids is 1. The van der Waals surface area contributed by atoms with Crippen LogP contribution in [0.25, 0.3) is 17.2 Å². The number of thiocarbonyl (C=S) groups is 1. The lowest BCUT2D eigenvalue weighted by Gasteiger charge is -2.34. The predicted molar refractivity (Wildman–Crippen MR) is 135 cm³/mol. The molecule has 0 spiro atoms. The lowest BCUT2D eigenvalue weighted by Crippen LogP contribution is -2.49. The summed E-state index contributed by atoms with van der Waals surface area (Å²) >= 11 is 8.15. The van der Waals surface area contributed by atoms with E-state index in [1.165, 1.54) is 35.2 Å². The molecule has 1 aromatic heterocycles. The van der Waals surface area contributed by atoms with Gasteiger partial charge in [0.1, 0.15) is 4.32 Å². The number of halogens is 2. The summed E-state index contributed by atoms with van der Waals surface area (Å²) in [6.45, 7) is 5.95. The summed E-state index contributed by atoms with van der Waals surface area (Å²) in [6.07, 6.45) is 1.81. The molecule has 34 heavy (non-hydrogen) atoms. The molecule has 1 N–H and O–H groups in total. The quantitative estimate of drug-likeness (QED) is 0.436. The number of nitrogens with zero attached hydrogens (tertiary/aromatic N) is 3. The molecule has 0 atom stereocenters. The van der Waals surface area contributed by atoms with Crippen LogP contribution in [-0.2, 0) is 9.59 Å². The van der Waals surface area contributed by atoms with Gasteiger partial charge in [0.2, 0.25) is 0 Å². The standard InChI is InChI=1S/C23H23F2N3O3S3/c1-14-16(15-2-3-17(24)18(25)10-15)13-33-19(14)11-20-22(31)28(23(32)34-20)9-8-26-4-6-27(7-5-26)12-21(29)30/h2-3,10-11,13H,4-9,12H2,1H3,(H,29,30)/b20-11-. The molecule has 0 aliphatic carbocycles. The molecule has 2 aliphatic heterocycles. The highest BCUT2D eigenvalue weighted by atomic mass is 32.2. The van der Waals surface area contributed by atoms with Gasteiger partial charge < -0.3 is 5.11 Å². The van der Waals surface area contributed by atoms with Crippen molar-refractivity contribution in [2.45, 2.75) is 6.92 Å².